The Balaban J connectivity index is 2.36. The van der Waals surface area contributed by atoms with E-state index in [2.05, 4.69) is 9.97 Å². The van der Waals surface area contributed by atoms with Crippen LogP contribution in [0.2, 0.25) is 0 Å². The van der Waals surface area contributed by atoms with E-state index in [0.717, 1.165) is 23.5 Å². The maximum absolute atomic E-state index is 11.7. The van der Waals surface area contributed by atoms with Crippen LogP contribution >= 0.6 is 23.5 Å². The minimum Gasteiger partial charge on any atom is -0.458 e. The Morgan fingerprint density at radius 3 is 1.68 bits per heavy atom. The first-order chi connectivity index (χ1) is 10.6. The predicted octanol–water partition coefficient (Wildman–Crippen LogP) is 4.13. The second kappa shape index (κ2) is 8.00. The molecule has 116 valence electrons. The van der Waals surface area contributed by atoms with Crippen LogP contribution in [-0.4, -0.2) is 33.8 Å². The molecule has 2 rings (SSSR count). The molecule has 0 saturated heterocycles. The molecule has 1 aromatic carbocycles. The monoisotopic (exact) mass is 338 g/mol. The highest BCUT2D eigenvalue weighted by Crippen LogP contribution is 2.31. The number of rotatable bonds is 4. The van der Waals surface area contributed by atoms with Crippen LogP contribution in [0, 0.1) is 0 Å². The molecule has 22 heavy (non-hydrogen) atoms. The zero-order valence-electron chi connectivity index (χ0n) is 12.1. The van der Waals surface area contributed by atoms with E-state index in [1.165, 1.54) is 0 Å². The van der Waals surface area contributed by atoms with Crippen molar-refractivity contribution < 1.29 is 19.1 Å². The van der Waals surface area contributed by atoms with Gasteiger partial charge in [-0.05, 0) is 26.0 Å². The van der Waals surface area contributed by atoms with Crippen molar-refractivity contribution >= 4 is 45.2 Å². The number of carbonyl (C=O) groups is 2. The molecule has 0 spiro atoms. The Morgan fingerprint density at radius 1 is 0.909 bits per heavy atom. The first kappa shape index (κ1) is 16.6. The minimum atomic E-state index is -0.488. The van der Waals surface area contributed by atoms with Gasteiger partial charge in [0.15, 0.2) is 0 Å². The topological polar surface area (TPSA) is 78.4 Å². The average Bonchev–Trinajstić information content (AvgIpc) is 2.48. The van der Waals surface area contributed by atoms with Crippen molar-refractivity contribution in [2.45, 2.75) is 23.9 Å². The van der Waals surface area contributed by atoms with E-state index >= 15 is 0 Å². The van der Waals surface area contributed by atoms with Crippen LogP contribution < -0.4 is 0 Å². The molecule has 0 bridgehead atoms. The molecule has 0 amide bonds. The van der Waals surface area contributed by atoms with Gasteiger partial charge in [0, 0.05) is 23.5 Å². The molecular formula is C14H14N2O4S2. The van der Waals surface area contributed by atoms with Crippen molar-refractivity contribution in [1.29, 1.82) is 0 Å². The molecule has 0 atom stereocenters. The van der Waals surface area contributed by atoms with Gasteiger partial charge in [-0.15, -0.1) is 0 Å². The summed E-state index contributed by atoms with van der Waals surface area (Å²) in [5, 5.41) is -0.319. The summed E-state index contributed by atoms with van der Waals surface area (Å²) in [6, 6.07) is 7.23. The van der Waals surface area contributed by atoms with Crippen molar-refractivity contribution in [2.75, 3.05) is 13.2 Å². The lowest BCUT2D eigenvalue weighted by Gasteiger charge is -2.07. The van der Waals surface area contributed by atoms with Crippen molar-refractivity contribution in [3.8, 4) is 0 Å². The third kappa shape index (κ3) is 4.35. The Hall–Kier alpha value is -1.80. The van der Waals surface area contributed by atoms with E-state index in [1.807, 2.05) is 12.1 Å². The van der Waals surface area contributed by atoms with Gasteiger partial charge in [-0.1, -0.05) is 12.1 Å². The number of fused-ring (bicyclic) bond motifs is 1. The molecule has 0 unspecified atom stereocenters. The van der Waals surface area contributed by atoms with Gasteiger partial charge in [0.1, 0.15) is 10.1 Å². The second-order valence-electron chi connectivity index (χ2n) is 3.89. The molecule has 0 saturated carbocycles. The van der Waals surface area contributed by atoms with Crippen LogP contribution in [0.5, 0.6) is 0 Å². The summed E-state index contributed by atoms with van der Waals surface area (Å²) in [5.41, 5.74) is 1.28. The number of thioether (sulfide) groups is 2. The highest BCUT2D eigenvalue weighted by atomic mass is 32.2. The molecule has 1 aromatic heterocycles. The summed E-state index contributed by atoms with van der Waals surface area (Å²) in [4.78, 5) is 32.1. The summed E-state index contributed by atoms with van der Waals surface area (Å²) < 4.78 is 9.79. The fourth-order valence-electron chi connectivity index (χ4n) is 1.55. The number of carbonyl (C=O) groups excluding carboxylic acids is 2. The van der Waals surface area contributed by atoms with Crippen molar-refractivity contribution in [3.05, 3.63) is 24.3 Å². The Morgan fingerprint density at radius 2 is 1.32 bits per heavy atom. The molecule has 0 fully saturated rings. The van der Waals surface area contributed by atoms with Crippen LogP contribution in [-0.2, 0) is 9.47 Å². The van der Waals surface area contributed by atoms with E-state index in [9.17, 15) is 9.59 Å². The van der Waals surface area contributed by atoms with Crippen molar-refractivity contribution in [1.82, 2.24) is 9.97 Å². The van der Waals surface area contributed by atoms with E-state index < -0.39 is 10.6 Å². The van der Waals surface area contributed by atoms with Gasteiger partial charge in [0.25, 0.3) is 0 Å². The lowest BCUT2D eigenvalue weighted by atomic mass is 10.3. The fraction of sp³-hybridized carbons (Fsp3) is 0.286. The zero-order valence-corrected chi connectivity index (χ0v) is 13.7. The first-order valence-corrected chi connectivity index (χ1v) is 8.23. The SMILES string of the molecule is CCOC(=O)Sc1nc2ccccc2nc1SC(=O)OCC. The van der Waals surface area contributed by atoms with Crippen molar-refractivity contribution in [2.24, 2.45) is 0 Å². The van der Waals surface area contributed by atoms with Gasteiger partial charge in [-0.3, -0.25) is 0 Å². The normalized spacial score (nSPS) is 10.5. The molecular weight excluding hydrogens is 324 g/mol. The minimum absolute atomic E-state index is 0.271. The Labute approximate surface area is 136 Å². The summed E-state index contributed by atoms with van der Waals surface area (Å²) >= 11 is 1.61. The number of para-hydroxylation sites is 2. The van der Waals surface area contributed by atoms with E-state index in [4.69, 9.17) is 9.47 Å². The average molecular weight is 338 g/mol. The van der Waals surface area contributed by atoms with Crippen molar-refractivity contribution in [3.63, 3.8) is 0 Å². The maximum Gasteiger partial charge on any atom is 0.373 e. The number of hydrogen-bond donors (Lipinski definition) is 0. The van der Waals surface area contributed by atoms with E-state index in [1.54, 1.807) is 26.0 Å². The van der Waals surface area contributed by atoms with Gasteiger partial charge in [0.05, 0.1) is 24.2 Å². The Kier molecular flexibility index (Phi) is 6.02. The summed E-state index contributed by atoms with van der Waals surface area (Å²) in [6.07, 6.45) is 0. The van der Waals surface area contributed by atoms with Gasteiger partial charge in [0.2, 0.25) is 0 Å². The highest BCUT2D eigenvalue weighted by Gasteiger charge is 2.18. The van der Waals surface area contributed by atoms with Crippen LogP contribution in [0.15, 0.2) is 34.3 Å². The summed E-state index contributed by atoms with van der Waals surface area (Å²) in [6.45, 7) is 3.98. The highest BCUT2D eigenvalue weighted by molar-refractivity contribution is 8.15. The number of hydrogen-bond acceptors (Lipinski definition) is 8. The third-order valence-corrected chi connectivity index (χ3v) is 4.05. The smallest absolute Gasteiger partial charge is 0.373 e. The predicted molar refractivity (Wildman–Crippen MR) is 85.3 cm³/mol. The van der Waals surface area contributed by atoms with Crippen LogP contribution in [0.1, 0.15) is 13.8 Å². The van der Waals surface area contributed by atoms with E-state index in [-0.39, 0.29) is 13.2 Å². The standard InChI is InChI=1S/C14H14N2O4S2/c1-3-19-13(17)21-11-12(22-14(18)20-4-2)16-10-8-6-5-7-9(10)15-11/h5-8H,3-4H2,1-2H3. The molecule has 0 aliphatic carbocycles. The number of nitrogens with zero attached hydrogens (tertiary/aromatic N) is 2. The third-order valence-electron chi connectivity index (χ3n) is 2.39. The van der Waals surface area contributed by atoms with Gasteiger partial charge in [-0.2, -0.15) is 0 Å². The lowest BCUT2D eigenvalue weighted by Crippen LogP contribution is -2.02. The summed E-state index contributed by atoms with van der Waals surface area (Å²) in [5.74, 6) is 0. The van der Waals surface area contributed by atoms with Crippen LogP contribution in [0.4, 0.5) is 9.59 Å². The maximum atomic E-state index is 11.7. The molecule has 8 heteroatoms. The molecule has 0 N–H and O–H groups in total. The first-order valence-electron chi connectivity index (χ1n) is 6.60. The number of aromatic nitrogens is 2. The quantitative estimate of drug-likeness (QED) is 0.608. The number of benzene rings is 1. The molecule has 6 nitrogen and oxygen atoms in total. The van der Waals surface area contributed by atoms with Gasteiger partial charge < -0.3 is 9.47 Å². The fourth-order valence-corrected chi connectivity index (χ4v) is 3.03. The van der Waals surface area contributed by atoms with Crippen LogP contribution in [0.3, 0.4) is 0 Å². The van der Waals surface area contributed by atoms with Gasteiger partial charge in [-0.25, -0.2) is 19.6 Å². The van der Waals surface area contributed by atoms with E-state index in [0.29, 0.717) is 21.1 Å². The molecule has 0 aliphatic rings. The second-order valence-corrected chi connectivity index (χ2v) is 5.74. The molecule has 2 aromatic rings. The van der Waals surface area contributed by atoms with Gasteiger partial charge >= 0.3 is 10.6 Å². The zero-order chi connectivity index (χ0) is 15.9. The lowest BCUT2D eigenvalue weighted by molar-refractivity contribution is 0.180. The number of ether oxygens (including phenoxy) is 2. The Bertz CT molecular complexity index is 635. The molecule has 0 radical (unpaired) electrons. The molecule has 0 aliphatic heterocycles. The summed E-state index contributed by atoms with van der Waals surface area (Å²) in [7, 11) is 0. The van der Waals surface area contributed by atoms with Crippen LogP contribution in [0.25, 0.3) is 11.0 Å². The largest absolute Gasteiger partial charge is 0.458 e. The molecule has 1 heterocycles.